The molecule has 0 radical (unpaired) electrons. The highest BCUT2D eigenvalue weighted by Gasteiger charge is 2.39. The Hall–Kier alpha value is -1.17. The Kier molecular flexibility index (Phi) is 6.35. The second-order valence-corrected chi connectivity index (χ2v) is 8.06. The number of carbonyl (C=O) groups excluding carboxylic acids is 1. The maximum atomic E-state index is 11.9. The first kappa shape index (κ1) is 18.9. The molecule has 22 heavy (non-hydrogen) atoms. The third kappa shape index (κ3) is 6.73. The van der Waals surface area contributed by atoms with Gasteiger partial charge in [0.1, 0.15) is 6.61 Å². The van der Waals surface area contributed by atoms with Crippen LogP contribution in [0.4, 0.5) is 4.79 Å². The molecule has 0 spiro atoms. The monoisotopic (exact) mass is 357 g/mol. The van der Waals surface area contributed by atoms with Crippen LogP contribution in [-0.4, -0.2) is 72.2 Å². The van der Waals surface area contributed by atoms with Crippen molar-refractivity contribution in [1.82, 2.24) is 4.90 Å². The van der Waals surface area contributed by atoms with E-state index in [1.807, 2.05) is 0 Å². The summed E-state index contributed by atoms with van der Waals surface area (Å²) in [5.41, 5.74) is 0. The van der Waals surface area contributed by atoms with Crippen LogP contribution in [0.15, 0.2) is 12.7 Å². The molecule has 0 aromatic heterocycles. The summed E-state index contributed by atoms with van der Waals surface area (Å²) in [7, 11) is -7.38. The van der Waals surface area contributed by atoms with Crippen LogP contribution < -0.4 is 0 Å². The molecule has 1 aliphatic rings. The van der Waals surface area contributed by atoms with Crippen LogP contribution >= 0.6 is 0 Å². The molecule has 0 saturated carbocycles. The van der Waals surface area contributed by atoms with E-state index < -0.39 is 38.5 Å². The second kappa shape index (κ2) is 7.40. The fourth-order valence-corrected chi connectivity index (χ4v) is 3.03. The maximum absolute atomic E-state index is 11.9. The standard InChI is InChI=1S/C11H19NO8S2/c1-4-5-18-11(13)12-7-10(20-22(3,16)17)6-9(12)8-19-21(2,14)15/h4,9-10H,1,5-8H2,2-3H3. The molecule has 0 aliphatic carbocycles. The fraction of sp³-hybridized carbons (Fsp3) is 0.727. The van der Waals surface area contributed by atoms with Gasteiger partial charge in [0.05, 0.1) is 37.8 Å². The van der Waals surface area contributed by atoms with Crippen LogP contribution in [0.3, 0.4) is 0 Å². The molecule has 1 heterocycles. The van der Waals surface area contributed by atoms with Crippen molar-refractivity contribution in [1.29, 1.82) is 0 Å². The largest absolute Gasteiger partial charge is 0.445 e. The molecule has 2 unspecified atom stereocenters. The summed E-state index contributed by atoms with van der Waals surface area (Å²) in [5, 5.41) is 0. The van der Waals surface area contributed by atoms with Gasteiger partial charge in [0.25, 0.3) is 20.2 Å². The first-order chi connectivity index (χ1) is 10.0. The summed E-state index contributed by atoms with van der Waals surface area (Å²) in [6.45, 7) is 3.04. The zero-order valence-electron chi connectivity index (χ0n) is 12.3. The van der Waals surface area contributed by atoms with Crippen molar-refractivity contribution in [3.8, 4) is 0 Å². The van der Waals surface area contributed by atoms with Gasteiger partial charge in [0, 0.05) is 0 Å². The number of hydrogen-bond acceptors (Lipinski definition) is 8. The van der Waals surface area contributed by atoms with Gasteiger partial charge in [-0.3, -0.25) is 8.37 Å². The van der Waals surface area contributed by atoms with Crippen molar-refractivity contribution in [2.24, 2.45) is 0 Å². The summed E-state index contributed by atoms with van der Waals surface area (Å²) in [5.74, 6) is 0. The molecule has 2 atom stereocenters. The number of hydrogen-bond donors (Lipinski definition) is 0. The van der Waals surface area contributed by atoms with Crippen molar-refractivity contribution < 1.29 is 34.7 Å². The van der Waals surface area contributed by atoms with E-state index in [0.717, 1.165) is 12.5 Å². The van der Waals surface area contributed by atoms with Crippen molar-refractivity contribution >= 4 is 26.3 Å². The van der Waals surface area contributed by atoms with Crippen molar-refractivity contribution in [3.05, 3.63) is 12.7 Å². The Morgan fingerprint density at radius 1 is 1.27 bits per heavy atom. The molecule has 1 amide bonds. The van der Waals surface area contributed by atoms with Crippen molar-refractivity contribution in [2.75, 3.05) is 32.3 Å². The minimum atomic E-state index is -3.69. The number of amides is 1. The van der Waals surface area contributed by atoms with Gasteiger partial charge in [-0.2, -0.15) is 16.8 Å². The molecule has 0 aromatic rings. The zero-order chi connectivity index (χ0) is 17.0. The van der Waals surface area contributed by atoms with Crippen LogP contribution in [0.1, 0.15) is 6.42 Å². The SMILES string of the molecule is C=CCOC(=O)N1CC(OS(C)(=O)=O)CC1COS(C)(=O)=O. The van der Waals surface area contributed by atoms with Gasteiger partial charge < -0.3 is 9.64 Å². The lowest BCUT2D eigenvalue weighted by molar-refractivity contribution is 0.0947. The fourth-order valence-electron chi connectivity index (χ4n) is 1.99. The van der Waals surface area contributed by atoms with Gasteiger partial charge in [-0.25, -0.2) is 4.79 Å². The van der Waals surface area contributed by atoms with Crippen LogP contribution in [0.5, 0.6) is 0 Å². The molecule has 0 aromatic carbocycles. The van der Waals surface area contributed by atoms with Crippen LogP contribution in [0, 0.1) is 0 Å². The summed E-state index contributed by atoms with van der Waals surface area (Å²) < 4.78 is 58.8. The number of nitrogens with zero attached hydrogens (tertiary/aromatic N) is 1. The molecular weight excluding hydrogens is 338 g/mol. The summed E-state index contributed by atoms with van der Waals surface area (Å²) in [4.78, 5) is 13.1. The van der Waals surface area contributed by atoms with E-state index >= 15 is 0 Å². The third-order valence-electron chi connectivity index (χ3n) is 2.72. The van der Waals surface area contributed by atoms with E-state index in [-0.39, 0.29) is 26.2 Å². The lowest BCUT2D eigenvalue weighted by atomic mass is 10.2. The van der Waals surface area contributed by atoms with Gasteiger partial charge in [0.2, 0.25) is 0 Å². The number of likely N-dealkylation sites (tertiary alicyclic amines) is 1. The summed E-state index contributed by atoms with van der Waals surface area (Å²) >= 11 is 0. The Bertz CT molecular complexity index is 612. The molecule has 1 fully saturated rings. The first-order valence-corrected chi connectivity index (χ1v) is 9.92. The molecule has 0 bridgehead atoms. The van der Waals surface area contributed by atoms with Gasteiger partial charge in [-0.05, 0) is 6.42 Å². The number of ether oxygens (including phenoxy) is 1. The maximum Gasteiger partial charge on any atom is 0.410 e. The topological polar surface area (TPSA) is 116 Å². The lowest BCUT2D eigenvalue weighted by Crippen LogP contribution is -2.39. The molecule has 9 nitrogen and oxygen atoms in total. The molecule has 128 valence electrons. The summed E-state index contributed by atoms with van der Waals surface area (Å²) in [6, 6.07) is -0.668. The Balaban J connectivity index is 2.78. The zero-order valence-corrected chi connectivity index (χ0v) is 13.9. The summed E-state index contributed by atoms with van der Waals surface area (Å²) in [6.07, 6.45) is 1.77. The van der Waals surface area contributed by atoms with Gasteiger partial charge in [-0.1, -0.05) is 12.7 Å². The van der Waals surface area contributed by atoms with Gasteiger partial charge in [0.15, 0.2) is 0 Å². The quantitative estimate of drug-likeness (QED) is 0.450. The van der Waals surface area contributed by atoms with E-state index in [1.54, 1.807) is 0 Å². The molecular formula is C11H19NO8S2. The van der Waals surface area contributed by atoms with E-state index in [0.29, 0.717) is 0 Å². The Labute approximate surface area is 130 Å². The van der Waals surface area contributed by atoms with Gasteiger partial charge in [-0.15, -0.1) is 0 Å². The first-order valence-electron chi connectivity index (χ1n) is 6.29. The van der Waals surface area contributed by atoms with Crippen LogP contribution in [-0.2, 0) is 33.3 Å². The molecule has 1 aliphatic heterocycles. The second-order valence-electron chi connectivity index (χ2n) is 4.82. The minimum Gasteiger partial charge on any atom is -0.445 e. The average molecular weight is 357 g/mol. The highest BCUT2D eigenvalue weighted by Crippen LogP contribution is 2.23. The van der Waals surface area contributed by atoms with E-state index in [1.165, 1.54) is 11.0 Å². The van der Waals surface area contributed by atoms with E-state index in [4.69, 9.17) is 8.92 Å². The smallest absolute Gasteiger partial charge is 0.410 e. The predicted molar refractivity (Wildman–Crippen MR) is 77.2 cm³/mol. The van der Waals surface area contributed by atoms with Crippen LogP contribution in [0.25, 0.3) is 0 Å². The average Bonchev–Trinajstić information content (AvgIpc) is 2.73. The van der Waals surface area contributed by atoms with Crippen LogP contribution in [0.2, 0.25) is 0 Å². The third-order valence-corrected chi connectivity index (χ3v) is 3.91. The number of rotatable bonds is 7. The Morgan fingerprint density at radius 3 is 2.41 bits per heavy atom. The van der Waals surface area contributed by atoms with Crippen molar-refractivity contribution in [3.63, 3.8) is 0 Å². The van der Waals surface area contributed by atoms with E-state index in [9.17, 15) is 21.6 Å². The minimum absolute atomic E-state index is 0.0212. The van der Waals surface area contributed by atoms with Gasteiger partial charge >= 0.3 is 6.09 Å². The van der Waals surface area contributed by atoms with E-state index in [2.05, 4.69) is 10.8 Å². The molecule has 11 heteroatoms. The lowest BCUT2D eigenvalue weighted by Gasteiger charge is -2.22. The molecule has 0 N–H and O–H groups in total. The number of carbonyl (C=O) groups is 1. The van der Waals surface area contributed by atoms with Crippen molar-refractivity contribution in [2.45, 2.75) is 18.6 Å². The highest BCUT2D eigenvalue weighted by molar-refractivity contribution is 7.86. The Morgan fingerprint density at radius 2 is 1.91 bits per heavy atom. The predicted octanol–water partition coefficient (Wildman–Crippen LogP) is -0.296. The normalized spacial score (nSPS) is 22.5. The highest BCUT2D eigenvalue weighted by atomic mass is 32.2. The molecule has 1 rings (SSSR count). The molecule has 1 saturated heterocycles.